The molecule has 0 bridgehead atoms. The highest BCUT2D eigenvalue weighted by Gasteiger charge is 2.12. The van der Waals surface area contributed by atoms with E-state index in [1.807, 2.05) is 0 Å². The highest BCUT2D eigenvalue weighted by molar-refractivity contribution is 7.14. The van der Waals surface area contributed by atoms with Gasteiger partial charge in [-0.3, -0.25) is 20.0 Å². The molecule has 0 spiro atoms. The summed E-state index contributed by atoms with van der Waals surface area (Å²) in [5.74, 6) is -0.633. The van der Waals surface area contributed by atoms with Gasteiger partial charge in [-0.25, -0.2) is 4.98 Å². The van der Waals surface area contributed by atoms with Gasteiger partial charge in [0.15, 0.2) is 5.13 Å². The summed E-state index contributed by atoms with van der Waals surface area (Å²) in [6.45, 7) is 2.09. The number of thiazole rings is 1. The monoisotopic (exact) mass is 280 g/mol. The van der Waals surface area contributed by atoms with Crippen LogP contribution in [-0.4, -0.2) is 33.7 Å². The first kappa shape index (κ1) is 13.2. The van der Waals surface area contributed by atoms with Crippen LogP contribution in [0.2, 0.25) is 0 Å². The van der Waals surface area contributed by atoms with Crippen molar-refractivity contribution >= 4 is 28.3 Å². The maximum atomic E-state index is 11.7. The molecule has 8 heteroatoms. The Hall–Kier alpha value is -2.22. The molecular formula is C11H12N4O3S. The Bertz CT molecular complexity index is 564. The molecule has 100 valence electrons. The predicted molar refractivity (Wildman–Crippen MR) is 69.0 cm³/mol. The first-order chi connectivity index (χ1) is 9.19. The molecule has 0 saturated heterocycles. The van der Waals surface area contributed by atoms with E-state index in [9.17, 15) is 9.59 Å². The molecule has 19 heavy (non-hydrogen) atoms. The van der Waals surface area contributed by atoms with Crippen molar-refractivity contribution in [3.05, 3.63) is 29.0 Å². The zero-order valence-electron chi connectivity index (χ0n) is 10.2. The number of ether oxygens (including phenoxy) is 1. The van der Waals surface area contributed by atoms with E-state index in [1.165, 1.54) is 23.7 Å². The summed E-state index contributed by atoms with van der Waals surface area (Å²) in [6.07, 6.45) is 3.01. The van der Waals surface area contributed by atoms with Crippen LogP contribution in [0.25, 0.3) is 0 Å². The molecule has 1 amide bonds. The number of aromatic nitrogens is 3. The minimum Gasteiger partial charge on any atom is -0.466 e. The summed E-state index contributed by atoms with van der Waals surface area (Å²) in [6, 6.07) is 0. The van der Waals surface area contributed by atoms with Gasteiger partial charge >= 0.3 is 5.97 Å². The molecule has 0 radical (unpaired) electrons. The molecule has 0 aliphatic rings. The maximum absolute atomic E-state index is 11.7. The molecule has 2 aromatic rings. The number of nitrogens with one attached hydrogen (secondary N) is 2. The highest BCUT2D eigenvalue weighted by atomic mass is 32.1. The quantitative estimate of drug-likeness (QED) is 0.803. The van der Waals surface area contributed by atoms with Crippen LogP contribution in [0.5, 0.6) is 0 Å². The zero-order chi connectivity index (χ0) is 13.7. The van der Waals surface area contributed by atoms with Crippen LogP contribution in [0.15, 0.2) is 17.8 Å². The van der Waals surface area contributed by atoms with Crippen LogP contribution in [-0.2, 0) is 16.0 Å². The Morgan fingerprint density at radius 3 is 3.05 bits per heavy atom. The smallest absolute Gasteiger partial charge is 0.311 e. The Morgan fingerprint density at radius 2 is 2.37 bits per heavy atom. The molecule has 0 unspecified atom stereocenters. The largest absolute Gasteiger partial charge is 0.466 e. The van der Waals surface area contributed by atoms with E-state index in [-0.39, 0.29) is 18.3 Å². The highest BCUT2D eigenvalue weighted by Crippen LogP contribution is 2.16. The molecule has 0 aliphatic carbocycles. The van der Waals surface area contributed by atoms with E-state index in [0.717, 1.165) is 0 Å². The summed E-state index contributed by atoms with van der Waals surface area (Å²) in [5, 5.41) is 11.0. The lowest BCUT2D eigenvalue weighted by atomic mass is 10.3. The number of hydrogen-bond donors (Lipinski definition) is 2. The second-order valence-corrected chi connectivity index (χ2v) is 4.42. The summed E-state index contributed by atoms with van der Waals surface area (Å²) >= 11 is 1.25. The fourth-order valence-electron chi connectivity index (χ4n) is 1.35. The lowest BCUT2D eigenvalue weighted by molar-refractivity contribution is -0.142. The van der Waals surface area contributed by atoms with Crippen molar-refractivity contribution in [1.82, 2.24) is 15.2 Å². The average Bonchev–Trinajstić information content (AvgIpc) is 3.00. The van der Waals surface area contributed by atoms with Crippen molar-refractivity contribution in [2.75, 3.05) is 11.9 Å². The third kappa shape index (κ3) is 3.62. The third-order valence-electron chi connectivity index (χ3n) is 2.16. The predicted octanol–water partition coefficient (Wildman–Crippen LogP) is 1.22. The minimum absolute atomic E-state index is 0.103. The first-order valence-electron chi connectivity index (χ1n) is 5.59. The van der Waals surface area contributed by atoms with Gasteiger partial charge in [-0.15, -0.1) is 11.3 Å². The van der Waals surface area contributed by atoms with Crippen molar-refractivity contribution in [2.45, 2.75) is 13.3 Å². The number of esters is 1. The van der Waals surface area contributed by atoms with Crippen LogP contribution in [0.1, 0.15) is 23.0 Å². The van der Waals surface area contributed by atoms with Gasteiger partial charge in [-0.1, -0.05) is 0 Å². The van der Waals surface area contributed by atoms with E-state index in [2.05, 4.69) is 20.5 Å². The summed E-state index contributed by atoms with van der Waals surface area (Å²) in [7, 11) is 0. The van der Waals surface area contributed by atoms with Crippen LogP contribution >= 0.6 is 11.3 Å². The zero-order valence-corrected chi connectivity index (χ0v) is 11.0. The van der Waals surface area contributed by atoms with Gasteiger partial charge in [0, 0.05) is 11.6 Å². The first-order valence-corrected chi connectivity index (χ1v) is 6.47. The van der Waals surface area contributed by atoms with Crippen molar-refractivity contribution in [1.29, 1.82) is 0 Å². The van der Waals surface area contributed by atoms with Gasteiger partial charge in [0.2, 0.25) is 0 Å². The number of aromatic amines is 1. The number of rotatable bonds is 5. The standard InChI is InChI=1S/C11H12N4O3S/c1-2-18-9(16)3-8-6-19-11(14-8)15-10(17)7-4-12-13-5-7/h4-6H,2-3H2,1H3,(H,12,13)(H,14,15,17). The Kier molecular flexibility index (Phi) is 4.24. The number of carbonyl (C=O) groups is 2. The molecule has 2 aromatic heterocycles. The van der Waals surface area contributed by atoms with E-state index in [1.54, 1.807) is 12.3 Å². The topological polar surface area (TPSA) is 97.0 Å². The fraction of sp³-hybridized carbons (Fsp3) is 0.273. The number of H-pyrrole nitrogens is 1. The Balaban J connectivity index is 1.94. The Morgan fingerprint density at radius 1 is 1.53 bits per heavy atom. The van der Waals surface area contributed by atoms with Crippen LogP contribution in [0.4, 0.5) is 5.13 Å². The Labute approximate surface area is 113 Å². The lowest BCUT2D eigenvalue weighted by Gasteiger charge is -1.99. The van der Waals surface area contributed by atoms with Crippen LogP contribution < -0.4 is 5.32 Å². The van der Waals surface area contributed by atoms with E-state index < -0.39 is 0 Å². The summed E-state index contributed by atoms with van der Waals surface area (Å²) < 4.78 is 4.82. The molecule has 0 aromatic carbocycles. The lowest BCUT2D eigenvalue weighted by Crippen LogP contribution is -2.11. The number of hydrogen-bond acceptors (Lipinski definition) is 6. The second kappa shape index (κ2) is 6.10. The molecule has 2 heterocycles. The molecular weight excluding hydrogens is 268 g/mol. The van der Waals surface area contributed by atoms with Crippen molar-refractivity contribution < 1.29 is 14.3 Å². The van der Waals surface area contributed by atoms with Gasteiger partial charge in [-0.05, 0) is 6.92 Å². The number of amides is 1. The molecule has 2 N–H and O–H groups in total. The van der Waals surface area contributed by atoms with Crippen molar-refractivity contribution in [3.8, 4) is 0 Å². The molecule has 0 saturated carbocycles. The average molecular weight is 280 g/mol. The van der Waals surface area contributed by atoms with Crippen molar-refractivity contribution in [3.63, 3.8) is 0 Å². The van der Waals surface area contributed by atoms with Crippen LogP contribution in [0, 0.1) is 0 Å². The minimum atomic E-state index is -0.333. The van der Waals surface area contributed by atoms with E-state index >= 15 is 0 Å². The van der Waals surface area contributed by atoms with Gasteiger partial charge in [0.25, 0.3) is 5.91 Å². The molecule has 0 fully saturated rings. The van der Waals surface area contributed by atoms with Crippen LogP contribution in [0.3, 0.4) is 0 Å². The number of anilines is 1. The van der Waals surface area contributed by atoms with Gasteiger partial charge in [0.1, 0.15) is 0 Å². The number of nitrogens with zero attached hydrogens (tertiary/aromatic N) is 2. The SMILES string of the molecule is CCOC(=O)Cc1csc(NC(=O)c2cn[nH]c2)n1. The molecule has 2 rings (SSSR count). The third-order valence-corrected chi connectivity index (χ3v) is 2.97. The summed E-state index contributed by atoms with van der Waals surface area (Å²) in [5.41, 5.74) is 0.994. The normalized spacial score (nSPS) is 10.2. The van der Waals surface area contributed by atoms with E-state index in [0.29, 0.717) is 23.0 Å². The van der Waals surface area contributed by atoms with E-state index in [4.69, 9.17) is 4.74 Å². The molecule has 0 aliphatic heterocycles. The molecule has 7 nitrogen and oxygen atoms in total. The maximum Gasteiger partial charge on any atom is 0.311 e. The molecule has 0 atom stereocenters. The van der Waals surface area contributed by atoms with Gasteiger partial charge in [-0.2, -0.15) is 5.10 Å². The van der Waals surface area contributed by atoms with Gasteiger partial charge < -0.3 is 4.74 Å². The fourth-order valence-corrected chi connectivity index (χ4v) is 2.06. The van der Waals surface area contributed by atoms with Gasteiger partial charge in [0.05, 0.1) is 30.5 Å². The second-order valence-electron chi connectivity index (χ2n) is 3.57. The summed E-state index contributed by atoms with van der Waals surface area (Å²) in [4.78, 5) is 27.1. The van der Waals surface area contributed by atoms with Crippen molar-refractivity contribution in [2.24, 2.45) is 0 Å². The number of carbonyl (C=O) groups excluding carboxylic acids is 2.